The van der Waals surface area contributed by atoms with Crippen LogP contribution in [0.4, 0.5) is 0 Å². The fourth-order valence-corrected chi connectivity index (χ4v) is 4.93. The molecule has 2 aromatic heterocycles. The largest absolute Gasteiger partial charge is 0.315 e. The van der Waals surface area contributed by atoms with E-state index < -0.39 is 0 Å². The second kappa shape index (κ2) is 8.87. The first-order valence-electron chi connectivity index (χ1n) is 11.1. The summed E-state index contributed by atoms with van der Waals surface area (Å²) in [4.78, 5) is 18.4. The summed E-state index contributed by atoms with van der Waals surface area (Å²) in [5.74, 6) is 1.03. The highest BCUT2D eigenvalue weighted by Gasteiger charge is 2.22. The van der Waals surface area contributed by atoms with Gasteiger partial charge in [-0.3, -0.25) is 4.79 Å². The van der Waals surface area contributed by atoms with Gasteiger partial charge in [0.25, 0.3) is 5.56 Å². The van der Waals surface area contributed by atoms with Crippen LogP contribution in [0.25, 0.3) is 16.6 Å². The molecule has 0 unspecified atom stereocenters. The first-order chi connectivity index (χ1) is 15.6. The molecule has 0 aliphatic heterocycles. The van der Waals surface area contributed by atoms with E-state index in [0.717, 1.165) is 40.0 Å². The van der Waals surface area contributed by atoms with E-state index in [9.17, 15) is 4.79 Å². The molecule has 0 amide bonds. The fraction of sp³-hybridized carbons (Fsp3) is 0.269. The number of aryl methyl sites for hydroxylation is 1. The number of para-hydroxylation sites is 1. The molecule has 1 aliphatic rings. The van der Waals surface area contributed by atoms with E-state index in [1.54, 1.807) is 6.21 Å². The summed E-state index contributed by atoms with van der Waals surface area (Å²) in [5, 5.41) is 5.27. The van der Waals surface area contributed by atoms with Gasteiger partial charge in [0.15, 0.2) is 0 Å². The normalized spacial score (nSPS) is 15.1. The van der Waals surface area contributed by atoms with Crippen molar-refractivity contribution in [3.63, 3.8) is 0 Å². The predicted molar refractivity (Wildman–Crippen MR) is 133 cm³/mol. The van der Waals surface area contributed by atoms with Crippen LogP contribution in [0.15, 0.2) is 75.2 Å². The molecule has 2 aromatic carbocycles. The van der Waals surface area contributed by atoms with Crippen LogP contribution < -0.4 is 5.56 Å². The molecule has 0 spiro atoms. The number of hydrogen-bond donors (Lipinski definition) is 0. The van der Waals surface area contributed by atoms with E-state index in [1.807, 2.05) is 48.7 Å². The maximum absolute atomic E-state index is 13.5. The Kier molecular flexibility index (Phi) is 5.79. The van der Waals surface area contributed by atoms with E-state index in [2.05, 4.69) is 39.6 Å². The molecule has 0 N–H and O–H groups in total. The molecule has 4 aromatic rings. The Morgan fingerprint density at radius 1 is 1.06 bits per heavy atom. The molecule has 162 valence electrons. The van der Waals surface area contributed by atoms with E-state index in [-0.39, 0.29) is 11.5 Å². The van der Waals surface area contributed by atoms with Gasteiger partial charge in [0, 0.05) is 22.3 Å². The number of hydrogen-bond acceptors (Lipinski definition) is 3. The summed E-state index contributed by atoms with van der Waals surface area (Å²) in [5.41, 5.74) is 3.79. The summed E-state index contributed by atoms with van der Waals surface area (Å²) in [6.07, 6.45) is 9.45. The maximum atomic E-state index is 13.5. The van der Waals surface area contributed by atoms with Gasteiger partial charge in [-0.15, -0.1) is 0 Å². The van der Waals surface area contributed by atoms with Crippen LogP contribution in [-0.2, 0) is 0 Å². The summed E-state index contributed by atoms with van der Waals surface area (Å²) in [7, 11) is 0. The number of rotatable bonds is 4. The number of aromatic nitrogens is 3. The van der Waals surface area contributed by atoms with Crippen molar-refractivity contribution in [1.29, 1.82) is 0 Å². The molecule has 0 saturated heterocycles. The van der Waals surface area contributed by atoms with Crippen LogP contribution in [0.2, 0.25) is 0 Å². The number of nitrogens with zero attached hydrogens (tertiary/aromatic N) is 4. The standard InChI is InChI=1S/C26H25BrN4O/c1-18-8-5-6-12-24(18)30-15-7-11-21(30)17-28-31-25(19-9-3-2-4-10-19)29-23-14-13-20(27)16-22(23)26(31)32/h5-8,11-17,19H,2-4,9-10H2,1H3. The summed E-state index contributed by atoms with van der Waals surface area (Å²) in [6.45, 7) is 2.09. The highest BCUT2D eigenvalue weighted by Crippen LogP contribution is 2.32. The van der Waals surface area contributed by atoms with Gasteiger partial charge >= 0.3 is 0 Å². The minimum atomic E-state index is -0.123. The van der Waals surface area contributed by atoms with E-state index in [4.69, 9.17) is 10.1 Å². The molecule has 2 heterocycles. The van der Waals surface area contributed by atoms with Gasteiger partial charge in [0.05, 0.1) is 22.8 Å². The second-order valence-electron chi connectivity index (χ2n) is 8.42. The Hall–Kier alpha value is -2.99. The third-order valence-corrected chi connectivity index (χ3v) is 6.76. The van der Waals surface area contributed by atoms with Gasteiger partial charge in [0.2, 0.25) is 0 Å². The molecular weight excluding hydrogens is 464 g/mol. The maximum Gasteiger partial charge on any atom is 0.282 e. The van der Waals surface area contributed by atoms with Gasteiger partial charge in [-0.25, -0.2) is 4.98 Å². The lowest BCUT2D eigenvalue weighted by Crippen LogP contribution is -2.25. The molecule has 1 aliphatic carbocycles. The summed E-state index contributed by atoms with van der Waals surface area (Å²) < 4.78 is 4.48. The second-order valence-corrected chi connectivity index (χ2v) is 9.33. The van der Waals surface area contributed by atoms with Crippen LogP contribution in [-0.4, -0.2) is 20.4 Å². The minimum absolute atomic E-state index is 0.123. The Bertz CT molecular complexity index is 1360. The molecular formula is C26H25BrN4O. The van der Waals surface area contributed by atoms with Crippen LogP contribution >= 0.6 is 15.9 Å². The molecule has 32 heavy (non-hydrogen) atoms. The molecule has 1 fully saturated rings. The predicted octanol–water partition coefficient (Wildman–Crippen LogP) is 6.19. The van der Waals surface area contributed by atoms with Crippen molar-refractivity contribution >= 4 is 33.0 Å². The molecule has 6 heteroatoms. The zero-order chi connectivity index (χ0) is 22.1. The van der Waals surface area contributed by atoms with Crippen LogP contribution in [0.5, 0.6) is 0 Å². The van der Waals surface area contributed by atoms with Crippen LogP contribution in [0.3, 0.4) is 0 Å². The summed E-state index contributed by atoms with van der Waals surface area (Å²) in [6, 6.07) is 17.9. The Labute approximate surface area is 195 Å². The van der Waals surface area contributed by atoms with Crippen LogP contribution in [0, 0.1) is 6.92 Å². The van der Waals surface area contributed by atoms with Crippen molar-refractivity contribution in [3.05, 3.63) is 92.7 Å². The molecule has 0 bridgehead atoms. The quantitative estimate of drug-likeness (QED) is 0.321. The van der Waals surface area contributed by atoms with Crippen molar-refractivity contribution in [2.45, 2.75) is 44.9 Å². The highest BCUT2D eigenvalue weighted by atomic mass is 79.9. The first-order valence-corrected chi connectivity index (χ1v) is 11.9. The number of fused-ring (bicyclic) bond motifs is 1. The number of benzene rings is 2. The average molecular weight is 489 g/mol. The molecule has 5 nitrogen and oxygen atoms in total. The molecule has 0 radical (unpaired) electrons. The lowest BCUT2D eigenvalue weighted by Gasteiger charge is -2.22. The zero-order valence-electron chi connectivity index (χ0n) is 18.0. The monoisotopic (exact) mass is 488 g/mol. The summed E-state index contributed by atoms with van der Waals surface area (Å²) >= 11 is 3.48. The van der Waals surface area contributed by atoms with Gasteiger partial charge in [-0.1, -0.05) is 53.4 Å². The number of halogens is 1. The van der Waals surface area contributed by atoms with Gasteiger partial charge in [0.1, 0.15) is 5.82 Å². The van der Waals surface area contributed by atoms with Crippen LogP contribution in [0.1, 0.15) is 55.1 Å². The lowest BCUT2D eigenvalue weighted by molar-refractivity contribution is 0.416. The Morgan fingerprint density at radius 2 is 1.88 bits per heavy atom. The van der Waals surface area contributed by atoms with Crippen molar-refractivity contribution in [2.24, 2.45) is 5.10 Å². The highest BCUT2D eigenvalue weighted by molar-refractivity contribution is 9.10. The fourth-order valence-electron chi connectivity index (χ4n) is 4.57. The molecule has 5 rings (SSSR count). The molecule has 1 saturated carbocycles. The zero-order valence-corrected chi connectivity index (χ0v) is 19.6. The van der Waals surface area contributed by atoms with Crippen molar-refractivity contribution in [3.8, 4) is 5.69 Å². The smallest absolute Gasteiger partial charge is 0.282 e. The third kappa shape index (κ3) is 3.95. The average Bonchev–Trinajstić information content (AvgIpc) is 3.28. The Morgan fingerprint density at radius 3 is 2.69 bits per heavy atom. The van der Waals surface area contributed by atoms with Crippen molar-refractivity contribution < 1.29 is 0 Å². The topological polar surface area (TPSA) is 52.2 Å². The minimum Gasteiger partial charge on any atom is -0.315 e. The third-order valence-electron chi connectivity index (χ3n) is 6.26. The molecule has 0 atom stereocenters. The van der Waals surface area contributed by atoms with Gasteiger partial charge < -0.3 is 4.57 Å². The van der Waals surface area contributed by atoms with E-state index in [0.29, 0.717) is 5.39 Å². The van der Waals surface area contributed by atoms with E-state index in [1.165, 1.54) is 29.5 Å². The van der Waals surface area contributed by atoms with Crippen molar-refractivity contribution in [1.82, 2.24) is 14.2 Å². The van der Waals surface area contributed by atoms with E-state index >= 15 is 0 Å². The SMILES string of the molecule is Cc1ccccc1-n1cccc1C=Nn1c(C2CCCCC2)nc2ccc(Br)cc2c1=O. The first kappa shape index (κ1) is 20.9. The lowest BCUT2D eigenvalue weighted by atomic mass is 9.88. The van der Waals surface area contributed by atoms with Gasteiger partial charge in [-0.05, 0) is 61.7 Å². The Balaban J connectivity index is 1.63. The van der Waals surface area contributed by atoms with Crippen molar-refractivity contribution in [2.75, 3.05) is 0 Å². The van der Waals surface area contributed by atoms with Gasteiger partial charge in [-0.2, -0.15) is 9.78 Å².